The molecule has 0 spiro atoms. The Morgan fingerprint density at radius 1 is 1.06 bits per heavy atom. The lowest BCUT2D eigenvalue weighted by atomic mass is 9.72. The zero-order valence-corrected chi connectivity index (χ0v) is 8.35. The van der Waals surface area contributed by atoms with Crippen LogP contribution in [0.15, 0.2) is 42.5 Å². The van der Waals surface area contributed by atoms with Crippen LogP contribution in [0.25, 0.3) is 11.1 Å². The third-order valence-corrected chi connectivity index (χ3v) is 2.70. The Morgan fingerprint density at radius 3 is 2.75 bits per heavy atom. The van der Waals surface area contributed by atoms with E-state index in [9.17, 15) is 9.41 Å². The molecule has 78 valence electrons. The number of hydrogen-bond donors (Lipinski definition) is 1. The molecule has 3 rings (SSSR count). The third-order valence-electron chi connectivity index (χ3n) is 2.70. The van der Waals surface area contributed by atoms with Crippen LogP contribution in [0.3, 0.4) is 0 Å². The number of rotatable bonds is 0. The summed E-state index contributed by atoms with van der Waals surface area (Å²) in [5, 5.41) is 9.76. The molecule has 1 heterocycles. The van der Waals surface area contributed by atoms with Crippen molar-refractivity contribution in [2.45, 2.75) is 0 Å². The summed E-state index contributed by atoms with van der Waals surface area (Å²) in [5.41, 5.74) is 2.16. The smallest absolute Gasteiger partial charge is 0.532 e. The molecular weight excluding hydrogens is 206 g/mol. The highest BCUT2D eigenvalue weighted by atomic mass is 19.1. The van der Waals surface area contributed by atoms with Crippen molar-refractivity contribution in [3.8, 4) is 16.9 Å². The molecule has 2 nitrogen and oxygen atoms in total. The van der Waals surface area contributed by atoms with Crippen LogP contribution in [0.5, 0.6) is 5.75 Å². The quantitative estimate of drug-likeness (QED) is 0.674. The van der Waals surface area contributed by atoms with Crippen molar-refractivity contribution in [2.75, 3.05) is 0 Å². The number of benzene rings is 2. The Hall–Kier alpha value is -1.81. The molecule has 0 saturated carbocycles. The lowest BCUT2D eigenvalue weighted by molar-refractivity contribution is 0.430. The second-order valence-electron chi connectivity index (χ2n) is 3.70. The molecule has 0 saturated heterocycles. The van der Waals surface area contributed by atoms with E-state index in [2.05, 4.69) is 0 Å². The summed E-state index contributed by atoms with van der Waals surface area (Å²) in [7, 11) is -0.978. The van der Waals surface area contributed by atoms with Crippen LogP contribution in [-0.4, -0.2) is 12.1 Å². The summed E-state index contributed by atoms with van der Waals surface area (Å²) in [6.45, 7) is 0. The van der Waals surface area contributed by atoms with Gasteiger partial charge in [-0.05, 0) is 23.8 Å². The molecule has 4 heteroatoms. The van der Waals surface area contributed by atoms with Gasteiger partial charge in [-0.3, -0.25) is 0 Å². The predicted molar refractivity (Wildman–Crippen MR) is 60.1 cm³/mol. The summed E-state index contributed by atoms with van der Waals surface area (Å²) in [4.78, 5) is 0. The molecule has 2 aromatic rings. The van der Waals surface area contributed by atoms with Crippen molar-refractivity contribution < 1.29 is 14.1 Å². The maximum absolute atomic E-state index is 13.2. The molecule has 0 amide bonds. The average Bonchev–Trinajstić information content (AvgIpc) is 2.31. The fourth-order valence-corrected chi connectivity index (χ4v) is 1.96. The van der Waals surface area contributed by atoms with Gasteiger partial charge in [0, 0.05) is 11.0 Å². The van der Waals surface area contributed by atoms with Crippen molar-refractivity contribution >= 4 is 12.6 Å². The van der Waals surface area contributed by atoms with E-state index in [0.717, 1.165) is 5.56 Å². The van der Waals surface area contributed by atoms with Gasteiger partial charge in [-0.15, -0.1) is 0 Å². The first-order valence-electron chi connectivity index (χ1n) is 4.99. The molecule has 0 aliphatic carbocycles. The van der Waals surface area contributed by atoms with Gasteiger partial charge >= 0.3 is 7.12 Å². The Kier molecular flexibility index (Phi) is 1.97. The summed E-state index contributed by atoms with van der Waals surface area (Å²) < 4.78 is 18.5. The second kappa shape index (κ2) is 3.35. The molecule has 0 atom stereocenters. The lowest BCUT2D eigenvalue weighted by Gasteiger charge is -2.22. The minimum Gasteiger partial charge on any atom is -0.532 e. The highest BCUT2D eigenvalue weighted by Gasteiger charge is 2.29. The standard InChI is InChI=1S/C12H8BFO2/c14-8-5-6-12-10(7-8)9-3-1-2-4-11(9)13(15)16-12/h1-7,15H. The van der Waals surface area contributed by atoms with E-state index in [1.807, 2.05) is 18.2 Å². The summed E-state index contributed by atoms with van der Waals surface area (Å²) in [6.07, 6.45) is 0. The van der Waals surface area contributed by atoms with E-state index < -0.39 is 7.12 Å². The minimum atomic E-state index is -0.978. The van der Waals surface area contributed by atoms with Gasteiger partial charge < -0.3 is 9.68 Å². The molecule has 1 N–H and O–H groups in total. The van der Waals surface area contributed by atoms with Gasteiger partial charge in [0.05, 0.1) is 0 Å². The Bertz CT molecular complexity index is 556. The SMILES string of the molecule is OB1Oc2ccc(F)cc2-c2ccccc21. The fourth-order valence-electron chi connectivity index (χ4n) is 1.96. The van der Waals surface area contributed by atoms with Crippen LogP contribution in [0, 0.1) is 5.82 Å². The highest BCUT2D eigenvalue weighted by Crippen LogP contribution is 2.33. The number of hydrogen-bond acceptors (Lipinski definition) is 2. The van der Waals surface area contributed by atoms with Crippen LogP contribution in [0.2, 0.25) is 0 Å². The van der Waals surface area contributed by atoms with Crippen LogP contribution >= 0.6 is 0 Å². The average molecular weight is 214 g/mol. The summed E-state index contributed by atoms with van der Waals surface area (Å²) in [6, 6.07) is 11.6. The van der Waals surface area contributed by atoms with Gasteiger partial charge in [-0.25, -0.2) is 4.39 Å². The molecule has 16 heavy (non-hydrogen) atoms. The molecule has 1 aliphatic heterocycles. The van der Waals surface area contributed by atoms with Gasteiger partial charge in [0.1, 0.15) is 11.6 Å². The van der Waals surface area contributed by atoms with Gasteiger partial charge in [0.2, 0.25) is 0 Å². The molecule has 0 fully saturated rings. The highest BCUT2D eigenvalue weighted by molar-refractivity contribution is 6.63. The molecule has 0 aromatic heterocycles. The van der Waals surface area contributed by atoms with E-state index in [4.69, 9.17) is 4.65 Å². The van der Waals surface area contributed by atoms with Crippen molar-refractivity contribution in [1.29, 1.82) is 0 Å². The van der Waals surface area contributed by atoms with Crippen LogP contribution in [-0.2, 0) is 0 Å². The summed E-state index contributed by atoms with van der Waals surface area (Å²) in [5.74, 6) is 0.196. The van der Waals surface area contributed by atoms with Crippen molar-refractivity contribution in [2.24, 2.45) is 0 Å². The first kappa shape index (κ1) is 9.42. The van der Waals surface area contributed by atoms with Crippen molar-refractivity contribution in [3.05, 3.63) is 48.3 Å². The van der Waals surface area contributed by atoms with Crippen LogP contribution in [0.4, 0.5) is 4.39 Å². The molecular formula is C12H8BFO2. The molecule has 0 bridgehead atoms. The largest absolute Gasteiger partial charge is 0.560 e. The lowest BCUT2D eigenvalue weighted by Crippen LogP contribution is -2.40. The Balaban J connectivity index is 2.29. The number of halogens is 1. The number of fused-ring (bicyclic) bond motifs is 3. The van der Waals surface area contributed by atoms with E-state index in [1.165, 1.54) is 18.2 Å². The summed E-state index contributed by atoms with van der Waals surface area (Å²) >= 11 is 0. The van der Waals surface area contributed by atoms with Crippen molar-refractivity contribution in [1.82, 2.24) is 0 Å². The first-order valence-corrected chi connectivity index (χ1v) is 4.99. The minimum absolute atomic E-state index is 0.312. The van der Waals surface area contributed by atoms with Gasteiger partial charge in [-0.2, -0.15) is 0 Å². The molecule has 1 aliphatic rings. The molecule has 2 aromatic carbocycles. The zero-order valence-electron chi connectivity index (χ0n) is 8.35. The second-order valence-corrected chi connectivity index (χ2v) is 3.70. The van der Waals surface area contributed by atoms with E-state index >= 15 is 0 Å². The van der Waals surface area contributed by atoms with E-state index in [0.29, 0.717) is 16.8 Å². The van der Waals surface area contributed by atoms with E-state index in [-0.39, 0.29) is 5.82 Å². The molecule has 0 unspecified atom stereocenters. The third kappa shape index (κ3) is 1.31. The van der Waals surface area contributed by atoms with E-state index in [1.54, 1.807) is 6.07 Å². The van der Waals surface area contributed by atoms with Gasteiger partial charge in [0.15, 0.2) is 0 Å². The van der Waals surface area contributed by atoms with Gasteiger partial charge in [0.25, 0.3) is 0 Å². The Morgan fingerprint density at radius 2 is 1.88 bits per heavy atom. The Labute approximate surface area is 92.4 Å². The fraction of sp³-hybridized carbons (Fsp3) is 0. The zero-order chi connectivity index (χ0) is 11.1. The van der Waals surface area contributed by atoms with Gasteiger partial charge in [-0.1, -0.05) is 24.3 Å². The first-order chi connectivity index (χ1) is 7.75. The topological polar surface area (TPSA) is 29.5 Å². The maximum atomic E-state index is 13.2. The maximum Gasteiger partial charge on any atom is 0.560 e. The molecule has 0 radical (unpaired) electrons. The monoisotopic (exact) mass is 214 g/mol. The van der Waals surface area contributed by atoms with Crippen molar-refractivity contribution in [3.63, 3.8) is 0 Å². The van der Waals surface area contributed by atoms with Crippen LogP contribution in [0.1, 0.15) is 0 Å². The predicted octanol–water partition coefficient (Wildman–Crippen LogP) is 1.57. The van der Waals surface area contributed by atoms with Crippen LogP contribution < -0.4 is 10.1 Å². The normalized spacial score (nSPS) is 12.8.